The molecule has 3 fully saturated rings. The van der Waals surface area contributed by atoms with Crippen molar-refractivity contribution in [1.29, 1.82) is 0 Å². The van der Waals surface area contributed by atoms with Gasteiger partial charge in [0.25, 0.3) is 5.56 Å². The van der Waals surface area contributed by atoms with Crippen molar-refractivity contribution in [3.05, 3.63) is 64.5 Å². The van der Waals surface area contributed by atoms with Crippen LogP contribution in [-0.2, 0) is 13.0 Å². The van der Waals surface area contributed by atoms with Gasteiger partial charge in [-0.25, -0.2) is 14.4 Å². The fraction of sp³-hybridized carbons (Fsp3) is 0.516. The van der Waals surface area contributed by atoms with Crippen molar-refractivity contribution in [3.63, 3.8) is 0 Å². The SMILES string of the molecule is COc1ccc(CCn2cnc3cc(N/C(=N/[C@H]4C[C@@H]5C[C@H]([C@@H]4C)C5(C)C)NCCCO)ccc3c2=O)c(F)c1. The first-order valence-electron chi connectivity index (χ1n) is 14.2. The number of hydrogen-bond donors (Lipinski definition) is 3. The molecule has 0 spiro atoms. The van der Waals surface area contributed by atoms with Crippen LogP contribution < -0.4 is 20.9 Å². The molecule has 6 rings (SSSR count). The van der Waals surface area contributed by atoms with Crippen LogP contribution in [0.3, 0.4) is 0 Å². The zero-order chi connectivity index (χ0) is 28.4. The number of benzene rings is 2. The number of methoxy groups -OCH3 is 1. The number of aryl methyl sites for hydroxylation is 2. The zero-order valence-corrected chi connectivity index (χ0v) is 23.8. The van der Waals surface area contributed by atoms with Gasteiger partial charge in [0.15, 0.2) is 5.96 Å². The Morgan fingerprint density at radius 3 is 2.77 bits per heavy atom. The van der Waals surface area contributed by atoms with Crippen LogP contribution in [0.25, 0.3) is 10.9 Å². The van der Waals surface area contributed by atoms with Crippen molar-refractivity contribution >= 4 is 22.5 Å². The summed E-state index contributed by atoms with van der Waals surface area (Å²) in [7, 11) is 1.50. The third-order valence-corrected chi connectivity index (χ3v) is 9.21. The zero-order valence-electron chi connectivity index (χ0n) is 23.8. The van der Waals surface area contributed by atoms with Gasteiger partial charge in [-0.15, -0.1) is 0 Å². The van der Waals surface area contributed by atoms with Crippen molar-refractivity contribution in [1.82, 2.24) is 14.9 Å². The molecule has 0 saturated heterocycles. The van der Waals surface area contributed by atoms with Gasteiger partial charge in [0, 0.05) is 31.5 Å². The van der Waals surface area contributed by atoms with Gasteiger partial charge in [-0.05, 0) is 78.7 Å². The Kier molecular flexibility index (Phi) is 8.12. The highest BCUT2D eigenvalue weighted by Gasteiger charge is 2.56. The van der Waals surface area contributed by atoms with E-state index in [0.717, 1.165) is 12.1 Å². The minimum absolute atomic E-state index is 0.107. The number of halogens is 1. The maximum Gasteiger partial charge on any atom is 0.261 e. The van der Waals surface area contributed by atoms with Crippen molar-refractivity contribution in [2.24, 2.45) is 28.2 Å². The lowest BCUT2D eigenvalue weighted by Gasteiger charge is -2.61. The number of hydrogen-bond acceptors (Lipinski definition) is 5. The lowest BCUT2D eigenvalue weighted by atomic mass is 9.45. The van der Waals surface area contributed by atoms with E-state index < -0.39 is 0 Å². The summed E-state index contributed by atoms with van der Waals surface area (Å²) < 4.78 is 20.9. The highest BCUT2D eigenvalue weighted by Crippen LogP contribution is 2.61. The molecule has 0 aliphatic heterocycles. The van der Waals surface area contributed by atoms with Crippen LogP contribution in [0, 0.1) is 29.0 Å². The molecule has 0 radical (unpaired) electrons. The number of anilines is 1. The molecule has 214 valence electrons. The summed E-state index contributed by atoms with van der Waals surface area (Å²) >= 11 is 0. The van der Waals surface area contributed by atoms with Crippen molar-refractivity contribution < 1.29 is 14.2 Å². The minimum Gasteiger partial charge on any atom is -0.497 e. The summed E-state index contributed by atoms with van der Waals surface area (Å²) in [5, 5.41) is 16.5. The summed E-state index contributed by atoms with van der Waals surface area (Å²) in [6, 6.07) is 10.4. The summed E-state index contributed by atoms with van der Waals surface area (Å²) in [4.78, 5) is 22.8. The molecule has 3 aliphatic rings. The Morgan fingerprint density at radius 2 is 2.08 bits per heavy atom. The second-order valence-corrected chi connectivity index (χ2v) is 11.8. The number of aliphatic hydroxyl groups is 1. The van der Waals surface area contributed by atoms with Gasteiger partial charge >= 0.3 is 0 Å². The quantitative estimate of drug-likeness (QED) is 0.205. The fourth-order valence-corrected chi connectivity index (χ4v) is 6.50. The molecular weight excluding hydrogens is 509 g/mol. The Morgan fingerprint density at radius 1 is 1.25 bits per heavy atom. The Labute approximate surface area is 234 Å². The minimum atomic E-state index is -0.356. The third-order valence-electron chi connectivity index (χ3n) is 9.21. The largest absolute Gasteiger partial charge is 0.497 e. The van der Waals surface area contributed by atoms with Gasteiger partial charge in [-0.2, -0.15) is 0 Å². The van der Waals surface area contributed by atoms with E-state index in [1.165, 1.54) is 30.5 Å². The molecule has 3 aromatic rings. The molecule has 3 saturated carbocycles. The molecule has 3 N–H and O–H groups in total. The molecule has 40 heavy (non-hydrogen) atoms. The van der Waals surface area contributed by atoms with E-state index in [9.17, 15) is 14.3 Å². The fourth-order valence-electron chi connectivity index (χ4n) is 6.50. The van der Waals surface area contributed by atoms with Crippen LogP contribution >= 0.6 is 0 Å². The second-order valence-electron chi connectivity index (χ2n) is 11.8. The van der Waals surface area contributed by atoms with Crippen LogP contribution in [0.2, 0.25) is 0 Å². The standard InChI is InChI=1S/C31H40FN5O3/c1-19-25-14-21(31(25,2)3)15-27(19)36-30(33-11-5-13-38)35-22-7-9-24-28(16-22)34-18-37(29(24)39)12-10-20-6-8-23(40-4)17-26(20)32/h6-9,16-19,21,25,27,38H,5,10-15H2,1-4H3,(H2,33,35,36)/t19-,21-,25+,27-/m0/s1. The summed E-state index contributed by atoms with van der Waals surface area (Å²) in [6.45, 7) is 8.11. The van der Waals surface area contributed by atoms with E-state index in [1.807, 2.05) is 12.1 Å². The normalized spacial score (nSPS) is 23.5. The van der Waals surface area contributed by atoms with E-state index in [1.54, 1.807) is 18.2 Å². The summed E-state index contributed by atoms with van der Waals surface area (Å²) in [5.41, 5.74) is 2.09. The van der Waals surface area contributed by atoms with Crippen LogP contribution in [0.5, 0.6) is 5.75 Å². The first kappa shape index (κ1) is 28.1. The molecule has 4 atom stereocenters. The molecule has 1 heterocycles. The maximum absolute atomic E-state index is 14.3. The molecule has 2 bridgehead atoms. The molecule has 0 amide bonds. The lowest BCUT2D eigenvalue weighted by Crippen LogP contribution is -2.56. The molecule has 8 nitrogen and oxygen atoms in total. The van der Waals surface area contributed by atoms with Crippen molar-refractivity contribution in [3.8, 4) is 5.75 Å². The van der Waals surface area contributed by atoms with Crippen LogP contribution in [0.15, 0.2) is 52.5 Å². The third kappa shape index (κ3) is 5.57. The number of rotatable bonds is 9. The van der Waals surface area contributed by atoms with Gasteiger partial charge < -0.3 is 20.5 Å². The molecule has 9 heteroatoms. The van der Waals surface area contributed by atoms with Crippen molar-refractivity contribution in [2.75, 3.05) is 25.6 Å². The molecule has 2 aromatic carbocycles. The van der Waals surface area contributed by atoms with E-state index in [4.69, 9.17) is 9.73 Å². The number of guanidine groups is 1. The number of aliphatic hydroxyl groups excluding tert-OH is 1. The number of nitrogens with one attached hydrogen (secondary N) is 2. The molecule has 0 unspecified atom stereocenters. The number of nitrogens with zero attached hydrogens (tertiary/aromatic N) is 3. The van der Waals surface area contributed by atoms with E-state index >= 15 is 0 Å². The first-order chi connectivity index (χ1) is 19.2. The van der Waals surface area contributed by atoms with Gasteiger partial charge in [-0.3, -0.25) is 9.36 Å². The van der Waals surface area contributed by atoms with E-state index in [-0.39, 0.29) is 24.0 Å². The monoisotopic (exact) mass is 549 g/mol. The molecule has 1 aromatic heterocycles. The van der Waals surface area contributed by atoms with Gasteiger partial charge in [0.2, 0.25) is 0 Å². The number of aromatic nitrogens is 2. The average Bonchev–Trinajstić information content (AvgIpc) is 2.94. The number of ether oxygens (including phenoxy) is 1. The van der Waals surface area contributed by atoms with Crippen LogP contribution in [-0.4, -0.2) is 46.9 Å². The van der Waals surface area contributed by atoms with Gasteiger partial charge in [-0.1, -0.05) is 26.8 Å². The second kappa shape index (κ2) is 11.6. The summed E-state index contributed by atoms with van der Waals surface area (Å²) in [6.07, 6.45) is 4.88. The van der Waals surface area contributed by atoms with Gasteiger partial charge in [0.05, 0.1) is 30.4 Å². The highest BCUT2D eigenvalue weighted by molar-refractivity contribution is 5.95. The van der Waals surface area contributed by atoms with Crippen LogP contribution in [0.1, 0.15) is 45.6 Å². The Hall–Kier alpha value is -3.46. The smallest absolute Gasteiger partial charge is 0.261 e. The predicted octanol–water partition coefficient (Wildman–Crippen LogP) is 4.60. The number of aliphatic imine (C=N–C) groups is 1. The highest BCUT2D eigenvalue weighted by atomic mass is 19.1. The lowest BCUT2D eigenvalue weighted by molar-refractivity contribution is -0.108. The van der Waals surface area contributed by atoms with Crippen molar-refractivity contribution in [2.45, 2.75) is 59.0 Å². The first-order valence-corrected chi connectivity index (χ1v) is 14.2. The Balaban J connectivity index is 1.32. The maximum atomic E-state index is 14.3. The van der Waals surface area contributed by atoms with Crippen LogP contribution in [0.4, 0.5) is 10.1 Å². The molecule has 3 aliphatic carbocycles. The molecular formula is C31H40FN5O3. The Bertz CT molecular complexity index is 1450. The van der Waals surface area contributed by atoms with Gasteiger partial charge in [0.1, 0.15) is 11.6 Å². The van der Waals surface area contributed by atoms with E-state index in [2.05, 4.69) is 36.4 Å². The summed E-state index contributed by atoms with van der Waals surface area (Å²) in [5.74, 6) is 2.67. The van der Waals surface area contributed by atoms with E-state index in [0.29, 0.717) is 77.3 Å². The number of fused-ring (bicyclic) bond motifs is 3. The topological polar surface area (TPSA) is 101 Å². The predicted molar refractivity (Wildman–Crippen MR) is 156 cm³/mol. The average molecular weight is 550 g/mol.